The highest BCUT2D eigenvalue weighted by molar-refractivity contribution is 7.80. The van der Waals surface area contributed by atoms with Crippen LogP contribution in [0.1, 0.15) is 12.7 Å². The molecule has 3 rings (SSSR count). The monoisotopic (exact) mass is 405 g/mol. The van der Waals surface area contributed by atoms with E-state index in [1.54, 1.807) is 0 Å². The van der Waals surface area contributed by atoms with Gasteiger partial charge in [-0.25, -0.2) is 4.39 Å². The van der Waals surface area contributed by atoms with Gasteiger partial charge in [0.2, 0.25) is 0 Å². The van der Waals surface area contributed by atoms with Crippen molar-refractivity contribution in [2.24, 2.45) is 0 Å². The molecule has 3 aromatic rings. The summed E-state index contributed by atoms with van der Waals surface area (Å²) in [6, 6.07) is 11.7. The third-order valence-corrected chi connectivity index (χ3v) is 4.10. The van der Waals surface area contributed by atoms with E-state index >= 15 is 0 Å². The van der Waals surface area contributed by atoms with Gasteiger partial charge < -0.3 is 14.5 Å². The largest absolute Gasteiger partial charge is 0.490 e. The van der Waals surface area contributed by atoms with Gasteiger partial charge in [0.1, 0.15) is 5.82 Å². The molecule has 0 atom stereocenters. The van der Waals surface area contributed by atoms with E-state index < -0.39 is 5.82 Å². The van der Waals surface area contributed by atoms with E-state index in [-0.39, 0.29) is 10.1 Å². The molecule has 0 aliphatic heterocycles. The molecule has 8 heteroatoms. The second kappa shape index (κ2) is 8.28. The highest BCUT2D eigenvalue weighted by atomic mass is 35.5. The molecule has 2 aromatic carbocycles. The first-order valence-electron chi connectivity index (χ1n) is 8.10. The molecule has 0 spiro atoms. The summed E-state index contributed by atoms with van der Waals surface area (Å²) >= 11 is 10.9. The first kappa shape index (κ1) is 19.0. The fourth-order valence-corrected chi connectivity index (χ4v) is 2.73. The lowest BCUT2D eigenvalue weighted by atomic mass is 10.2. The van der Waals surface area contributed by atoms with Gasteiger partial charge in [-0.2, -0.15) is 0 Å². The Morgan fingerprint density at radius 2 is 2.07 bits per heavy atom. The van der Waals surface area contributed by atoms with Gasteiger partial charge in [-0.3, -0.25) is 10.9 Å². The minimum absolute atomic E-state index is 0.00699. The molecule has 3 N–H and O–H groups in total. The topological polar surface area (TPSA) is 58.5 Å². The van der Waals surface area contributed by atoms with Crippen molar-refractivity contribution in [2.45, 2.75) is 6.92 Å². The molecule has 0 aliphatic carbocycles. The van der Waals surface area contributed by atoms with Crippen LogP contribution in [0.25, 0.3) is 16.7 Å². The van der Waals surface area contributed by atoms with Crippen molar-refractivity contribution in [1.29, 1.82) is 0 Å². The van der Waals surface area contributed by atoms with Gasteiger partial charge in [0, 0.05) is 11.1 Å². The van der Waals surface area contributed by atoms with Crippen LogP contribution in [0.3, 0.4) is 0 Å². The molecule has 27 heavy (non-hydrogen) atoms. The fraction of sp³-hybridized carbons (Fsp3) is 0.105. The molecule has 0 bridgehead atoms. The second-order valence-corrected chi connectivity index (χ2v) is 6.35. The van der Waals surface area contributed by atoms with Crippen molar-refractivity contribution in [3.8, 4) is 5.75 Å². The Bertz CT molecular complexity index is 1010. The van der Waals surface area contributed by atoms with Crippen molar-refractivity contribution in [2.75, 3.05) is 11.9 Å². The lowest BCUT2D eigenvalue weighted by Gasteiger charge is -2.13. The Labute approximate surface area is 166 Å². The standard InChI is InChI=1S/C19H17ClFN3O2S/c1-3-25-16-6-4-5-12-9-17(26-18(12)16)11(2)23-24-19(27)22-13-7-8-15(21)14(20)10-13/h4-10,23H,2-3H2,1H3,(H2,22,24,27). The lowest BCUT2D eigenvalue weighted by molar-refractivity contribution is 0.338. The van der Waals surface area contributed by atoms with Crippen LogP contribution in [0, 0.1) is 5.82 Å². The van der Waals surface area contributed by atoms with Crippen LogP contribution in [0.5, 0.6) is 5.75 Å². The Morgan fingerprint density at radius 1 is 1.26 bits per heavy atom. The first-order valence-corrected chi connectivity index (χ1v) is 8.89. The molecule has 0 unspecified atom stereocenters. The smallest absolute Gasteiger partial charge is 0.189 e. The van der Waals surface area contributed by atoms with E-state index in [1.807, 2.05) is 31.2 Å². The zero-order valence-corrected chi connectivity index (χ0v) is 16.0. The van der Waals surface area contributed by atoms with Crippen LogP contribution >= 0.6 is 23.8 Å². The van der Waals surface area contributed by atoms with Gasteiger partial charge >= 0.3 is 0 Å². The van der Waals surface area contributed by atoms with Crippen molar-refractivity contribution >= 4 is 51.3 Å². The lowest BCUT2D eigenvalue weighted by Crippen LogP contribution is -2.38. The highest BCUT2D eigenvalue weighted by Gasteiger charge is 2.11. The van der Waals surface area contributed by atoms with Crippen LogP contribution in [0.15, 0.2) is 53.5 Å². The number of rotatable bonds is 6. The molecule has 0 amide bonds. The van der Waals surface area contributed by atoms with Crippen molar-refractivity contribution < 1.29 is 13.5 Å². The SMILES string of the molecule is C=C(NNC(=S)Nc1ccc(F)c(Cl)c1)c1cc2cccc(OCC)c2o1. The number of benzene rings is 2. The average molecular weight is 406 g/mol. The summed E-state index contributed by atoms with van der Waals surface area (Å²) in [6.45, 7) is 6.39. The van der Waals surface area contributed by atoms with Gasteiger partial charge in [-0.1, -0.05) is 30.3 Å². The summed E-state index contributed by atoms with van der Waals surface area (Å²) in [4.78, 5) is 0. The number of para-hydroxylation sites is 1. The number of thiocarbonyl (C=S) groups is 1. The summed E-state index contributed by atoms with van der Waals surface area (Å²) in [5.74, 6) is 0.716. The Kier molecular flexibility index (Phi) is 5.83. The molecule has 140 valence electrons. The Hall–Kier alpha value is -2.77. The van der Waals surface area contributed by atoms with Crippen LogP contribution in [-0.2, 0) is 0 Å². The van der Waals surface area contributed by atoms with E-state index in [4.69, 9.17) is 33.0 Å². The maximum absolute atomic E-state index is 13.2. The quantitative estimate of drug-likeness (QED) is 0.392. The third-order valence-electron chi connectivity index (χ3n) is 3.61. The Morgan fingerprint density at radius 3 is 2.81 bits per heavy atom. The molecular formula is C19H17ClFN3O2S. The van der Waals surface area contributed by atoms with Crippen LogP contribution in [0.2, 0.25) is 5.02 Å². The second-order valence-electron chi connectivity index (χ2n) is 5.53. The van der Waals surface area contributed by atoms with Crippen molar-refractivity contribution in [3.05, 3.63) is 65.6 Å². The maximum atomic E-state index is 13.2. The van der Waals surface area contributed by atoms with E-state index in [2.05, 4.69) is 22.7 Å². The van der Waals surface area contributed by atoms with Crippen molar-refractivity contribution in [3.63, 3.8) is 0 Å². The van der Waals surface area contributed by atoms with Crippen LogP contribution in [0.4, 0.5) is 10.1 Å². The average Bonchev–Trinajstić information content (AvgIpc) is 3.08. The molecule has 5 nitrogen and oxygen atoms in total. The molecule has 1 aromatic heterocycles. The predicted octanol–water partition coefficient (Wildman–Crippen LogP) is 5.09. The number of nitrogens with one attached hydrogen (secondary N) is 3. The van der Waals surface area contributed by atoms with Gasteiger partial charge in [-0.05, 0) is 49.5 Å². The summed E-state index contributed by atoms with van der Waals surface area (Å²) < 4.78 is 24.6. The zero-order valence-electron chi connectivity index (χ0n) is 14.4. The van der Waals surface area contributed by atoms with Crippen molar-refractivity contribution in [1.82, 2.24) is 10.9 Å². The number of furan rings is 1. The van der Waals surface area contributed by atoms with Gasteiger partial charge in [-0.15, -0.1) is 0 Å². The summed E-state index contributed by atoms with van der Waals surface area (Å²) in [5, 5.41) is 4.05. The number of anilines is 1. The normalized spacial score (nSPS) is 10.5. The zero-order chi connectivity index (χ0) is 19.4. The fourth-order valence-electron chi connectivity index (χ4n) is 2.38. The van der Waals surface area contributed by atoms with Gasteiger partial charge in [0.25, 0.3) is 0 Å². The number of hydrogen-bond donors (Lipinski definition) is 3. The summed E-state index contributed by atoms with van der Waals surface area (Å²) in [6.07, 6.45) is 0. The first-order chi connectivity index (χ1) is 13.0. The van der Waals surface area contributed by atoms with Crippen LogP contribution < -0.4 is 20.9 Å². The van der Waals surface area contributed by atoms with E-state index in [0.717, 1.165) is 5.39 Å². The van der Waals surface area contributed by atoms with E-state index in [1.165, 1.54) is 18.2 Å². The number of hydrazine groups is 1. The minimum atomic E-state index is -0.496. The molecule has 0 radical (unpaired) electrons. The predicted molar refractivity (Wildman–Crippen MR) is 110 cm³/mol. The molecule has 0 saturated carbocycles. The maximum Gasteiger partial charge on any atom is 0.189 e. The molecule has 1 heterocycles. The Balaban J connectivity index is 1.63. The molecule has 0 fully saturated rings. The van der Waals surface area contributed by atoms with Crippen LogP contribution in [-0.4, -0.2) is 11.7 Å². The van der Waals surface area contributed by atoms with Gasteiger partial charge in [0.15, 0.2) is 22.2 Å². The van der Waals surface area contributed by atoms with E-state index in [9.17, 15) is 4.39 Å². The molecule has 0 saturated heterocycles. The molecule has 0 aliphatic rings. The third kappa shape index (κ3) is 4.50. The summed E-state index contributed by atoms with van der Waals surface area (Å²) in [5.41, 5.74) is 7.34. The minimum Gasteiger partial charge on any atom is -0.490 e. The molecular weight excluding hydrogens is 389 g/mol. The number of ether oxygens (including phenoxy) is 1. The number of hydrogen-bond acceptors (Lipinski definition) is 4. The number of halogens is 2. The van der Waals surface area contributed by atoms with Gasteiger partial charge in [0.05, 0.1) is 17.3 Å². The highest BCUT2D eigenvalue weighted by Crippen LogP contribution is 2.30. The summed E-state index contributed by atoms with van der Waals surface area (Å²) in [7, 11) is 0. The number of fused-ring (bicyclic) bond motifs is 1. The van der Waals surface area contributed by atoms with E-state index in [0.29, 0.717) is 35.1 Å².